The fraction of sp³-hybridized carbons (Fsp3) is 0.455. The molecule has 0 radical (unpaired) electrons. The van der Waals surface area contributed by atoms with Crippen molar-refractivity contribution < 1.29 is 9.21 Å². The Morgan fingerprint density at radius 2 is 1.83 bits per heavy atom. The molecular weight excluding hydrogens is 380 g/mol. The van der Waals surface area contributed by atoms with Crippen molar-refractivity contribution in [1.29, 1.82) is 0 Å². The Kier molecular flexibility index (Phi) is 5.31. The topological polar surface area (TPSA) is 78.6 Å². The number of piperidine rings is 1. The van der Waals surface area contributed by atoms with E-state index in [1.807, 2.05) is 35.2 Å². The van der Waals surface area contributed by atoms with Crippen LogP contribution in [0.2, 0.25) is 0 Å². The number of piperazine rings is 1. The lowest BCUT2D eigenvalue weighted by molar-refractivity contribution is -0.133. The molecule has 30 heavy (non-hydrogen) atoms. The molecule has 1 amide bonds. The molecule has 156 valence electrons. The van der Waals surface area contributed by atoms with E-state index >= 15 is 0 Å². The summed E-state index contributed by atoms with van der Waals surface area (Å²) in [6.07, 6.45) is 5.52. The summed E-state index contributed by atoms with van der Waals surface area (Å²) >= 11 is 0. The zero-order chi connectivity index (χ0) is 20.3. The van der Waals surface area contributed by atoms with Gasteiger partial charge in [-0.3, -0.25) is 9.69 Å². The molecule has 8 heteroatoms. The molecular formula is C22H26N6O2. The van der Waals surface area contributed by atoms with Crippen molar-refractivity contribution >= 4 is 23.0 Å². The van der Waals surface area contributed by atoms with Gasteiger partial charge in [0.1, 0.15) is 5.52 Å². The lowest BCUT2D eigenvalue weighted by Gasteiger charge is -2.36. The Morgan fingerprint density at radius 1 is 1.03 bits per heavy atom. The van der Waals surface area contributed by atoms with Crippen molar-refractivity contribution in [2.45, 2.75) is 18.8 Å². The van der Waals surface area contributed by atoms with Gasteiger partial charge in [-0.05, 0) is 31.0 Å². The van der Waals surface area contributed by atoms with Crippen molar-refractivity contribution in [1.82, 2.24) is 24.8 Å². The number of fused-ring (bicyclic) bond motifs is 1. The van der Waals surface area contributed by atoms with Crippen molar-refractivity contribution in [2.75, 3.05) is 50.7 Å². The van der Waals surface area contributed by atoms with Gasteiger partial charge in [0.15, 0.2) is 11.5 Å². The Bertz CT molecular complexity index is 966. The van der Waals surface area contributed by atoms with E-state index < -0.39 is 0 Å². The SMILES string of the molecule is O=C(CN1CCN(c2ncccn2)CC1)N1CCCC(c2nc3ccccc3o2)C1. The Hall–Kier alpha value is -3.00. The lowest BCUT2D eigenvalue weighted by atomic mass is 9.98. The minimum absolute atomic E-state index is 0.169. The van der Waals surface area contributed by atoms with Gasteiger partial charge in [-0.25, -0.2) is 15.0 Å². The molecule has 0 spiro atoms. The number of hydrogen-bond acceptors (Lipinski definition) is 7. The zero-order valence-electron chi connectivity index (χ0n) is 17.0. The first-order valence-corrected chi connectivity index (χ1v) is 10.6. The van der Waals surface area contributed by atoms with Crippen LogP contribution >= 0.6 is 0 Å². The van der Waals surface area contributed by atoms with Crippen LogP contribution in [0, 0.1) is 0 Å². The second-order valence-corrected chi connectivity index (χ2v) is 8.01. The van der Waals surface area contributed by atoms with Gasteiger partial charge in [0.25, 0.3) is 0 Å². The van der Waals surface area contributed by atoms with Crippen LogP contribution in [0.15, 0.2) is 47.1 Å². The predicted octanol–water partition coefficient (Wildman–Crippen LogP) is 2.15. The van der Waals surface area contributed by atoms with E-state index in [4.69, 9.17) is 4.42 Å². The average molecular weight is 406 g/mol. The molecule has 2 saturated heterocycles. The van der Waals surface area contributed by atoms with Gasteiger partial charge in [0, 0.05) is 51.7 Å². The third kappa shape index (κ3) is 4.00. The first kappa shape index (κ1) is 19.0. The van der Waals surface area contributed by atoms with E-state index in [1.54, 1.807) is 12.4 Å². The molecule has 8 nitrogen and oxygen atoms in total. The predicted molar refractivity (Wildman–Crippen MR) is 113 cm³/mol. The quantitative estimate of drug-likeness (QED) is 0.657. The van der Waals surface area contributed by atoms with Crippen LogP contribution in [0.1, 0.15) is 24.7 Å². The van der Waals surface area contributed by atoms with Crippen LogP contribution in [0.25, 0.3) is 11.1 Å². The van der Waals surface area contributed by atoms with Crippen LogP contribution in [0.5, 0.6) is 0 Å². The molecule has 1 unspecified atom stereocenters. The van der Waals surface area contributed by atoms with Crippen molar-refractivity contribution in [3.05, 3.63) is 48.6 Å². The molecule has 2 fully saturated rings. The highest BCUT2D eigenvalue weighted by atomic mass is 16.3. The molecule has 0 bridgehead atoms. The van der Waals surface area contributed by atoms with Crippen molar-refractivity contribution in [3.8, 4) is 0 Å². The average Bonchev–Trinajstić information content (AvgIpc) is 3.25. The Morgan fingerprint density at radius 3 is 2.63 bits per heavy atom. The maximum atomic E-state index is 13.0. The Balaban J connectivity index is 1.16. The highest BCUT2D eigenvalue weighted by Crippen LogP contribution is 2.29. The van der Waals surface area contributed by atoms with Crippen LogP contribution in [-0.4, -0.2) is 76.5 Å². The lowest BCUT2D eigenvalue weighted by Crippen LogP contribution is -2.51. The summed E-state index contributed by atoms with van der Waals surface area (Å²) in [7, 11) is 0. The molecule has 5 rings (SSSR count). The molecule has 1 atom stereocenters. The van der Waals surface area contributed by atoms with Crippen LogP contribution < -0.4 is 4.90 Å². The van der Waals surface area contributed by atoms with E-state index in [0.717, 1.165) is 68.5 Å². The summed E-state index contributed by atoms with van der Waals surface area (Å²) in [6, 6.07) is 9.66. The van der Waals surface area contributed by atoms with E-state index in [1.165, 1.54) is 0 Å². The fourth-order valence-electron chi connectivity index (χ4n) is 4.32. The summed E-state index contributed by atoms with van der Waals surface area (Å²) in [5.74, 6) is 1.88. The standard InChI is InChI=1S/C22H26N6O2/c29-20(16-26-11-13-27(14-12-26)22-23-8-4-9-24-22)28-10-3-5-17(15-28)21-25-18-6-1-2-7-19(18)30-21/h1-2,4,6-9,17H,3,5,10-16H2. The van der Waals surface area contributed by atoms with Gasteiger partial charge in [-0.15, -0.1) is 0 Å². The Labute approximate surface area is 175 Å². The first-order valence-electron chi connectivity index (χ1n) is 10.6. The fourth-order valence-corrected chi connectivity index (χ4v) is 4.32. The maximum absolute atomic E-state index is 13.0. The van der Waals surface area contributed by atoms with Gasteiger partial charge >= 0.3 is 0 Å². The van der Waals surface area contributed by atoms with Crippen molar-refractivity contribution in [2.24, 2.45) is 0 Å². The molecule has 2 aromatic heterocycles. The normalized spacial score (nSPS) is 20.6. The smallest absolute Gasteiger partial charge is 0.236 e. The molecule has 0 aliphatic carbocycles. The van der Waals surface area contributed by atoms with Gasteiger partial charge in [-0.2, -0.15) is 0 Å². The summed E-state index contributed by atoms with van der Waals surface area (Å²) in [4.78, 5) is 32.6. The number of anilines is 1. The molecule has 4 heterocycles. The van der Waals surface area contributed by atoms with Crippen molar-refractivity contribution in [3.63, 3.8) is 0 Å². The second kappa shape index (κ2) is 8.39. The number of para-hydroxylation sites is 2. The number of nitrogens with zero attached hydrogens (tertiary/aromatic N) is 6. The highest BCUT2D eigenvalue weighted by molar-refractivity contribution is 5.78. The number of oxazole rings is 1. The van der Waals surface area contributed by atoms with E-state index in [0.29, 0.717) is 13.1 Å². The van der Waals surface area contributed by atoms with Gasteiger partial charge in [-0.1, -0.05) is 12.1 Å². The largest absolute Gasteiger partial charge is 0.440 e. The molecule has 0 saturated carbocycles. The summed E-state index contributed by atoms with van der Waals surface area (Å²) in [5, 5.41) is 0. The minimum Gasteiger partial charge on any atom is -0.440 e. The van der Waals surface area contributed by atoms with Crippen LogP contribution in [0.4, 0.5) is 5.95 Å². The van der Waals surface area contributed by atoms with Gasteiger partial charge in [0.2, 0.25) is 11.9 Å². The zero-order valence-corrected chi connectivity index (χ0v) is 17.0. The molecule has 2 aliphatic rings. The number of carbonyl (C=O) groups excluding carboxylic acids is 1. The number of amides is 1. The highest BCUT2D eigenvalue weighted by Gasteiger charge is 2.29. The van der Waals surface area contributed by atoms with E-state index in [2.05, 4.69) is 24.8 Å². The maximum Gasteiger partial charge on any atom is 0.236 e. The third-order valence-corrected chi connectivity index (χ3v) is 6.00. The number of carbonyl (C=O) groups is 1. The third-order valence-electron chi connectivity index (χ3n) is 6.00. The number of likely N-dealkylation sites (tertiary alicyclic amines) is 1. The van der Waals surface area contributed by atoms with E-state index in [-0.39, 0.29) is 11.8 Å². The minimum atomic E-state index is 0.169. The summed E-state index contributed by atoms with van der Waals surface area (Å²) < 4.78 is 5.96. The molecule has 1 aromatic carbocycles. The van der Waals surface area contributed by atoms with Crippen LogP contribution in [0.3, 0.4) is 0 Å². The number of rotatable bonds is 4. The molecule has 3 aromatic rings. The molecule has 0 N–H and O–H groups in total. The number of aromatic nitrogens is 3. The van der Waals surface area contributed by atoms with E-state index in [9.17, 15) is 4.79 Å². The number of benzene rings is 1. The molecule has 2 aliphatic heterocycles. The summed E-state index contributed by atoms with van der Waals surface area (Å²) in [6.45, 7) is 5.31. The van der Waals surface area contributed by atoms with Gasteiger partial charge < -0.3 is 14.2 Å². The summed E-state index contributed by atoms with van der Waals surface area (Å²) in [5.41, 5.74) is 1.70. The van der Waals surface area contributed by atoms with Crippen LogP contribution in [-0.2, 0) is 4.79 Å². The first-order chi connectivity index (χ1) is 14.8. The second-order valence-electron chi connectivity index (χ2n) is 8.01. The van der Waals surface area contributed by atoms with Gasteiger partial charge in [0.05, 0.1) is 12.5 Å². The monoisotopic (exact) mass is 406 g/mol. The number of hydrogen-bond donors (Lipinski definition) is 0.